The van der Waals surface area contributed by atoms with Gasteiger partial charge in [0.2, 0.25) is 0 Å². The van der Waals surface area contributed by atoms with Crippen molar-refractivity contribution in [2.24, 2.45) is 5.73 Å². The maximum atomic E-state index is 11.2. The largest absolute Gasteiger partial charge is 0.520 e. The number of anilines is 1. The number of carbonyl (C=O) groups excluding carboxylic acids is 1. The summed E-state index contributed by atoms with van der Waals surface area (Å²) in [7, 11) is 0. The molecule has 0 bridgehead atoms. The van der Waals surface area contributed by atoms with Crippen LogP contribution in [-0.2, 0) is 37.5 Å². The summed E-state index contributed by atoms with van der Waals surface area (Å²) < 4.78 is 1.82. The molecule has 25 heavy (non-hydrogen) atoms. The summed E-state index contributed by atoms with van der Waals surface area (Å²) in [6.45, 7) is 4.61. The smallest absolute Gasteiger partial charge is 0.157 e. The molecule has 2 aliphatic heterocycles. The van der Waals surface area contributed by atoms with Crippen LogP contribution in [0.3, 0.4) is 0 Å². The van der Waals surface area contributed by atoms with Gasteiger partial charge in [0.25, 0.3) is 0 Å². The van der Waals surface area contributed by atoms with Gasteiger partial charge in [-0.05, 0) is 39.2 Å². The molecule has 0 unspecified atom stereocenters. The molecule has 7 nitrogen and oxygen atoms in total. The monoisotopic (exact) mass is 416 g/mol. The topological polar surface area (TPSA) is 79.8 Å². The van der Waals surface area contributed by atoms with Gasteiger partial charge in [0.05, 0.1) is 5.69 Å². The van der Waals surface area contributed by atoms with Crippen LogP contribution in [0.1, 0.15) is 43.0 Å². The van der Waals surface area contributed by atoms with Crippen LogP contribution in [-0.4, -0.2) is 51.6 Å². The molecule has 2 aromatic heterocycles. The van der Waals surface area contributed by atoms with Crippen LogP contribution < -0.4 is 10.6 Å². The molecule has 1 amide bonds. The maximum absolute atomic E-state index is 11.2. The first-order valence-electron chi connectivity index (χ1n) is 8.67. The third kappa shape index (κ3) is 3.59. The molecular formula is C17H23N6OY-. The van der Waals surface area contributed by atoms with E-state index in [-0.39, 0.29) is 44.8 Å². The van der Waals surface area contributed by atoms with Crippen LogP contribution >= 0.6 is 0 Å². The summed E-state index contributed by atoms with van der Waals surface area (Å²) in [5.41, 5.74) is 8.84. The SMILES string of the molecule is Cc1cn2nc([C@@H]3CCCCN3[C-]=O)cc2nc1N1CC[C@H](N)C1.[Y]. The molecule has 4 heterocycles. The Morgan fingerprint density at radius 3 is 2.84 bits per heavy atom. The molecule has 2 aromatic rings. The Bertz CT molecular complexity index is 763. The molecule has 2 atom stereocenters. The second-order valence-corrected chi connectivity index (χ2v) is 6.91. The number of hydrogen-bond donors (Lipinski definition) is 1. The van der Waals surface area contributed by atoms with E-state index in [1.165, 1.54) is 0 Å². The van der Waals surface area contributed by atoms with E-state index < -0.39 is 0 Å². The van der Waals surface area contributed by atoms with Crippen molar-refractivity contribution < 1.29 is 37.5 Å². The number of aromatic nitrogens is 3. The minimum Gasteiger partial charge on any atom is -0.520 e. The number of likely N-dealkylation sites (tertiary alicyclic amines) is 1. The first-order valence-corrected chi connectivity index (χ1v) is 8.67. The van der Waals surface area contributed by atoms with E-state index >= 15 is 0 Å². The molecule has 2 aliphatic rings. The molecule has 4 rings (SSSR count). The second kappa shape index (κ2) is 7.68. The van der Waals surface area contributed by atoms with Gasteiger partial charge in [0.15, 0.2) is 5.65 Å². The molecular weight excluding hydrogens is 393 g/mol. The fourth-order valence-corrected chi connectivity index (χ4v) is 3.83. The molecule has 0 aliphatic carbocycles. The molecule has 0 spiro atoms. The number of amides is 1. The van der Waals surface area contributed by atoms with Gasteiger partial charge in [-0.1, -0.05) is 0 Å². The van der Waals surface area contributed by atoms with Crippen LogP contribution in [0, 0.1) is 6.92 Å². The third-order valence-corrected chi connectivity index (χ3v) is 5.11. The molecule has 0 aromatic carbocycles. The zero-order chi connectivity index (χ0) is 16.7. The molecule has 8 heteroatoms. The molecule has 2 fully saturated rings. The van der Waals surface area contributed by atoms with Crippen molar-refractivity contribution in [1.29, 1.82) is 0 Å². The number of fused-ring (bicyclic) bond motifs is 1. The number of rotatable bonds is 3. The van der Waals surface area contributed by atoms with E-state index in [2.05, 4.69) is 23.3 Å². The van der Waals surface area contributed by atoms with Crippen molar-refractivity contribution in [2.45, 2.75) is 44.7 Å². The van der Waals surface area contributed by atoms with E-state index in [4.69, 9.17) is 10.7 Å². The minimum atomic E-state index is 0. The van der Waals surface area contributed by atoms with Gasteiger partial charge in [-0.15, -0.1) is 0 Å². The van der Waals surface area contributed by atoms with Crippen molar-refractivity contribution in [3.8, 4) is 0 Å². The summed E-state index contributed by atoms with van der Waals surface area (Å²) in [5.74, 6) is 0.990. The Balaban J connectivity index is 0.00000182. The molecule has 131 valence electrons. The Morgan fingerprint density at radius 1 is 1.28 bits per heavy atom. The standard InChI is InChI=1S/C17H23N6O.Y/c1-12-9-23-16(19-17(12)21-7-5-13(18)10-21)8-14(20-23)15-4-2-3-6-22(15)11-24;/h8-9,13,15H,2-7,10,18H2,1H3;/q-1;/t13-,15-;/m0./s1. The zero-order valence-corrected chi connectivity index (χ0v) is 17.4. The van der Waals surface area contributed by atoms with Crippen LogP contribution in [0.25, 0.3) is 5.65 Å². The molecule has 0 saturated carbocycles. The van der Waals surface area contributed by atoms with Crippen molar-refractivity contribution in [2.75, 3.05) is 24.5 Å². The van der Waals surface area contributed by atoms with E-state index in [1.54, 1.807) is 4.90 Å². The fourth-order valence-electron chi connectivity index (χ4n) is 3.83. The fraction of sp³-hybridized carbons (Fsp3) is 0.588. The first-order chi connectivity index (χ1) is 11.7. The third-order valence-electron chi connectivity index (χ3n) is 5.11. The van der Waals surface area contributed by atoms with Gasteiger partial charge in [-0.25, -0.2) is 9.50 Å². The summed E-state index contributed by atoms with van der Waals surface area (Å²) in [6, 6.07) is 2.24. The van der Waals surface area contributed by atoms with Crippen molar-refractivity contribution >= 4 is 17.9 Å². The number of aryl methyl sites for hydroxylation is 1. The first kappa shape index (κ1) is 18.7. The normalized spacial score (nSPS) is 23.8. The quantitative estimate of drug-likeness (QED) is 0.760. The van der Waals surface area contributed by atoms with E-state index in [0.29, 0.717) is 0 Å². The Labute approximate surface area is 172 Å². The zero-order valence-electron chi connectivity index (χ0n) is 14.6. The number of nitrogens with zero attached hydrogens (tertiary/aromatic N) is 5. The van der Waals surface area contributed by atoms with Crippen LogP contribution in [0.2, 0.25) is 0 Å². The van der Waals surface area contributed by atoms with Gasteiger partial charge in [-0.2, -0.15) is 11.5 Å². The van der Waals surface area contributed by atoms with Gasteiger partial charge in [0.1, 0.15) is 5.82 Å². The predicted octanol–water partition coefficient (Wildman–Crippen LogP) is 1.17. The van der Waals surface area contributed by atoms with E-state index in [9.17, 15) is 4.79 Å². The van der Waals surface area contributed by atoms with Gasteiger partial charge < -0.3 is 20.3 Å². The Morgan fingerprint density at radius 2 is 2.12 bits per heavy atom. The van der Waals surface area contributed by atoms with Crippen molar-refractivity contribution in [1.82, 2.24) is 19.5 Å². The average Bonchev–Trinajstić information content (AvgIpc) is 3.19. The molecule has 1 radical (unpaired) electrons. The Kier molecular flexibility index (Phi) is 5.76. The van der Waals surface area contributed by atoms with Crippen LogP contribution in [0.5, 0.6) is 0 Å². The number of piperidine rings is 1. The molecule has 2 N–H and O–H groups in total. The van der Waals surface area contributed by atoms with E-state index in [0.717, 1.165) is 68.0 Å². The molecule has 2 saturated heterocycles. The van der Waals surface area contributed by atoms with Crippen molar-refractivity contribution in [3.63, 3.8) is 0 Å². The summed E-state index contributed by atoms with van der Waals surface area (Å²) in [6.07, 6.45) is 8.17. The number of hydrogen-bond acceptors (Lipinski definition) is 5. The van der Waals surface area contributed by atoms with Gasteiger partial charge in [0, 0.05) is 75.7 Å². The van der Waals surface area contributed by atoms with Gasteiger partial charge in [-0.3, -0.25) is 0 Å². The summed E-state index contributed by atoms with van der Waals surface area (Å²) in [4.78, 5) is 20.0. The predicted molar refractivity (Wildman–Crippen MR) is 91.5 cm³/mol. The minimum absolute atomic E-state index is 0. The average molecular weight is 416 g/mol. The van der Waals surface area contributed by atoms with E-state index in [1.807, 2.05) is 16.8 Å². The van der Waals surface area contributed by atoms with Crippen molar-refractivity contribution in [3.05, 3.63) is 23.5 Å². The summed E-state index contributed by atoms with van der Waals surface area (Å²) in [5, 5.41) is 4.67. The number of nitrogens with two attached hydrogens (primary N) is 1. The van der Waals surface area contributed by atoms with Crippen LogP contribution in [0.15, 0.2) is 12.3 Å². The van der Waals surface area contributed by atoms with Gasteiger partial charge >= 0.3 is 0 Å². The second-order valence-electron chi connectivity index (χ2n) is 6.91. The maximum Gasteiger partial charge on any atom is 0.157 e. The summed E-state index contributed by atoms with van der Waals surface area (Å²) >= 11 is 0. The Hall–Kier alpha value is -1.05. The van der Waals surface area contributed by atoms with Crippen LogP contribution in [0.4, 0.5) is 5.82 Å².